The molecule has 1 fully saturated rings. The molecule has 2 aromatic rings. The number of hydrogen-bond acceptors (Lipinski definition) is 5. The van der Waals surface area contributed by atoms with Crippen LogP contribution in [0.1, 0.15) is 49.7 Å². The maximum Gasteiger partial charge on any atom is 0.255 e. The zero-order valence-corrected chi connectivity index (χ0v) is 18.3. The van der Waals surface area contributed by atoms with Gasteiger partial charge in [0.2, 0.25) is 0 Å². The number of nitrogen functional groups attached to an aromatic ring is 1. The van der Waals surface area contributed by atoms with Gasteiger partial charge in [-0.3, -0.25) is 18.9 Å². The number of Topliss-reactive ketones (excluding diaryl/α,β-unsaturated/α-hetero) is 1. The van der Waals surface area contributed by atoms with Gasteiger partial charge in [-0.25, -0.2) is 4.98 Å². The average Bonchev–Trinajstić information content (AvgIpc) is 3.05. The second-order valence-electron chi connectivity index (χ2n) is 8.97. The van der Waals surface area contributed by atoms with Crippen LogP contribution in [0, 0.1) is 18.3 Å². The highest BCUT2D eigenvalue weighted by molar-refractivity contribution is 6.33. The highest BCUT2D eigenvalue weighted by Crippen LogP contribution is 2.25. The van der Waals surface area contributed by atoms with Crippen molar-refractivity contribution in [1.29, 1.82) is 0 Å². The van der Waals surface area contributed by atoms with Crippen LogP contribution in [0.5, 0.6) is 0 Å². The van der Waals surface area contributed by atoms with Gasteiger partial charge >= 0.3 is 0 Å². The predicted molar refractivity (Wildman–Crippen MR) is 115 cm³/mol. The van der Waals surface area contributed by atoms with Crippen LogP contribution in [0.15, 0.2) is 12.3 Å². The largest absolute Gasteiger partial charge is 0.384 e. The zero-order chi connectivity index (χ0) is 21.3. The minimum absolute atomic E-state index is 0.201. The Balaban J connectivity index is 1.57. The summed E-state index contributed by atoms with van der Waals surface area (Å²) in [6, 6.07) is 1.58. The van der Waals surface area contributed by atoms with Crippen LogP contribution in [-0.2, 0) is 4.79 Å². The number of rotatable bonds is 5. The number of nitrogens with two attached hydrogens (primary N) is 1. The van der Waals surface area contributed by atoms with Gasteiger partial charge in [-0.05, 0) is 44.8 Å². The van der Waals surface area contributed by atoms with Crippen molar-refractivity contribution in [3.8, 4) is 0 Å². The molecule has 2 aromatic heterocycles. The lowest BCUT2D eigenvalue weighted by molar-refractivity contribution is -0.127. The molecule has 3 heterocycles. The number of aryl methyl sites for hydroxylation is 1. The van der Waals surface area contributed by atoms with Gasteiger partial charge in [0, 0.05) is 18.2 Å². The second-order valence-corrected chi connectivity index (χ2v) is 9.38. The van der Waals surface area contributed by atoms with Crippen molar-refractivity contribution >= 4 is 34.8 Å². The predicted octanol–water partition coefficient (Wildman–Crippen LogP) is 2.94. The number of carbonyl (C=O) groups is 2. The molecule has 3 N–H and O–H groups in total. The van der Waals surface area contributed by atoms with Crippen molar-refractivity contribution < 1.29 is 9.59 Å². The van der Waals surface area contributed by atoms with Crippen molar-refractivity contribution in [3.63, 3.8) is 0 Å². The number of nitrogens with one attached hydrogen (secondary N) is 1. The van der Waals surface area contributed by atoms with Crippen molar-refractivity contribution in [2.45, 2.75) is 40.5 Å². The van der Waals surface area contributed by atoms with E-state index < -0.39 is 0 Å². The smallest absolute Gasteiger partial charge is 0.255 e. The number of aromatic nitrogens is 2. The third-order valence-corrected chi connectivity index (χ3v) is 5.85. The first-order chi connectivity index (χ1) is 13.6. The quantitative estimate of drug-likeness (QED) is 0.777. The number of nitrogens with zero attached hydrogens (tertiary/aromatic N) is 3. The van der Waals surface area contributed by atoms with Gasteiger partial charge in [0.1, 0.15) is 5.82 Å². The van der Waals surface area contributed by atoms with E-state index >= 15 is 0 Å². The first-order valence-corrected chi connectivity index (χ1v) is 10.4. The molecule has 0 spiro atoms. The number of likely N-dealkylation sites (tertiary alicyclic amines) is 1. The molecule has 8 heteroatoms. The summed E-state index contributed by atoms with van der Waals surface area (Å²) in [6.45, 7) is 10.6. The maximum absolute atomic E-state index is 12.8. The number of hydrogen-bond donors (Lipinski definition) is 2. The van der Waals surface area contributed by atoms with E-state index in [0.29, 0.717) is 41.1 Å². The van der Waals surface area contributed by atoms with Crippen LogP contribution in [0.4, 0.5) is 5.82 Å². The van der Waals surface area contributed by atoms with Crippen LogP contribution < -0.4 is 11.1 Å². The van der Waals surface area contributed by atoms with Crippen LogP contribution >= 0.6 is 11.6 Å². The summed E-state index contributed by atoms with van der Waals surface area (Å²) < 4.78 is 1.65. The molecule has 158 valence electrons. The van der Waals surface area contributed by atoms with E-state index in [1.54, 1.807) is 16.7 Å². The lowest BCUT2D eigenvalue weighted by Crippen LogP contribution is -2.42. The Morgan fingerprint density at radius 2 is 1.97 bits per heavy atom. The van der Waals surface area contributed by atoms with E-state index in [-0.39, 0.29) is 17.1 Å². The lowest BCUT2D eigenvalue weighted by atomic mass is 9.89. The third-order valence-electron chi connectivity index (χ3n) is 5.55. The molecule has 1 saturated heterocycles. The number of fused-ring (bicyclic) bond motifs is 1. The Morgan fingerprint density at radius 3 is 2.59 bits per heavy atom. The molecule has 1 aliphatic heterocycles. The number of carbonyl (C=O) groups excluding carboxylic acids is 2. The Hall–Kier alpha value is -2.12. The summed E-state index contributed by atoms with van der Waals surface area (Å²) in [5.74, 6) is 0.828. The summed E-state index contributed by atoms with van der Waals surface area (Å²) in [5, 5.41) is 3.35. The number of halogens is 1. The van der Waals surface area contributed by atoms with Gasteiger partial charge < -0.3 is 11.1 Å². The third kappa shape index (κ3) is 4.90. The molecule has 3 rings (SSSR count). The minimum Gasteiger partial charge on any atom is -0.384 e. The number of amides is 1. The van der Waals surface area contributed by atoms with Gasteiger partial charge in [-0.1, -0.05) is 32.4 Å². The molecule has 0 aliphatic carbocycles. The standard InChI is InChI=1S/C21H30ClN5O2/c1-13-11-27-18(23)16(22)9-15(19(27)25-13)20(29)24-10-14-5-7-26(8-6-14)12-17(28)21(2,3)4/h9,11,14H,5-8,10,12,23H2,1-4H3,(H,24,29). The van der Waals surface area contributed by atoms with Crippen LogP contribution in [0.2, 0.25) is 5.02 Å². The summed E-state index contributed by atoms with van der Waals surface area (Å²) in [4.78, 5) is 31.6. The number of ketones is 1. The number of pyridine rings is 1. The molecule has 0 aromatic carbocycles. The Bertz CT molecular complexity index is 923. The van der Waals surface area contributed by atoms with Gasteiger partial charge in [0.05, 0.1) is 22.8 Å². The molecule has 0 unspecified atom stereocenters. The topological polar surface area (TPSA) is 92.7 Å². The Morgan fingerprint density at radius 1 is 1.31 bits per heavy atom. The van der Waals surface area contributed by atoms with E-state index in [1.807, 2.05) is 27.7 Å². The van der Waals surface area contributed by atoms with E-state index in [4.69, 9.17) is 17.3 Å². The fraction of sp³-hybridized carbons (Fsp3) is 0.571. The highest BCUT2D eigenvalue weighted by atomic mass is 35.5. The summed E-state index contributed by atoms with van der Waals surface area (Å²) in [5.41, 5.74) is 7.39. The number of piperidine rings is 1. The number of imidazole rings is 1. The van der Waals surface area contributed by atoms with E-state index in [0.717, 1.165) is 31.6 Å². The Labute approximate surface area is 176 Å². The molecular weight excluding hydrogens is 390 g/mol. The van der Waals surface area contributed by atoms with E-state index in [1.165, 1.54) is 0 Å². The first-order valence-electron chi connectivity index (χ1n) is 10.0. The maximum atomic E-state index is 12.8. The SMILES string of the molecule is Cc1cn2c(N)c(Cl)cc(C(=O)NCC3CCN(CC(=O)C(C)(C)C)CC3)c2n1. The summed E-state index contributed by atoms with van der Waals surface area (Å²) >= 11 is 6.20. The normalized spacial score (nSPS) is 16.3. The zero-order valence-electron chi connectivity index (χ0n) is 17.6. The molecule has 0 saturated carbocycles. The monoisotopic (exact) mass is 419 g/mol. The van der Waals surface area contributed by atoms with E-state index in [2.05, 4.69) is 15.2 Å². The van der Waals surface area contributed by atoms with Crippen molar-refractivity contribution in [2.24, 2.45) is 11.3 Å². The molecule has 7 nitrogen and oxygen atoms in total. The molecule has 1 aliphatic rings. The van der Waals surface area contributed by atoms with Crippen LogP contribution in [-0.4, -0.2) is 52.2 Å². The fourth-order valence-corrected chi connectivity index (χ4v) is 3.74. The van der Waals surface area contributed by atoms with Crippen molar-refractivity contribution in [2.75, 3.05) is 31.9 Å². The average molecular weight is 420 g/mol. The molecule has 0 radical (unpaired) electrons. The van der Waals surface area contributed by atoms with Gasteiger partial charge in [-0.2, -0.15) is 0 Å². The van der Waals surface area contributed by atoms with Crippen LogP contribution in [0.25, 0.3) is 5.65 Å². The summed E-state index contributed by atoms with van der Waals surface area (Å²) in [6.07, 6.45) is 3.68. The van der Waals surface area contributed by atoms with Crippen molar-refractivity contribution in [1.82, 2.24) is 19.6 Å². The molecule has 0 atom stereocenters. The first kappa shape index (κ1) is 21.6. The number of anilines is 1. The Kier molecular flexibility index (Phi) is 6.19. The van der Waals surface area contributed by atoms with Crippen LogP contribution in [0.3, 0.4) is 0 Å². The molecule has 29 heavy (non-hydrogen) atoms. The van der Waals surface area contributed by atoms with Crippen molar-refractivity contribution in [3.05, 3.63) is 28.5 Å². The molecule has 0 bridgehead atoms. The molecular formula is C21H30ClN5O2. The lowest BCUT2D eigenvalue weighted by Gasteiger charge is -2.33. The van der Waals surface area contributed by atoms with E-state index in [9.17, 15) is 9.59 Å². The van der Waals surface area contributed by atoms with Gasteiger partial charge in [-0.15, -0.1) is 0 Å². The minimum atomic E-state index is -0.304. The second kappa shape index (κ2) is 8.32. The van der Waals surface area contributed by atoms with Gasteiger partial charge in [0.15, 0.2) is 11.4 Å². The van der Waals surface area contributed by atoms with Gasteiger partial charge in [0.25, 0.3) is 5.91 Å². The highest BCUT2D eigenvalue weighted by Gasteiger charge is 2.27. The summed E-state index contributed by atoms with van der Waals surface area (Å²) in [7, 11) is 0. The molecule has 1 amide bonds. The fourth-order valence-electron chi connectivity index (χ4n) is 3.54.